The third-order valence-corrected chi connectivity index (χ3v) is 4.04. The molecule has 5 heteroatoms. The summed E-state index contributed by atoms with van der Waals surface area (Å²) in [5, 5.41) is 12.0. The van der Waals surface area contributed by atoms with Crippen molar-refractivity contribution in [1.82, 2.24) is 9.97 Å². The van der Waals surface area contributed by atoms with Gasteiger partial charge in [-0.1, -0.05) is 12.1 Å². The molecule has 0 radical (unpaired) electrons. The van der Waals surface area contributed by atoms with Crippen LogP contribution in [0.15, 0.2) is 41.1 Å². The number of para-hydroxylation sites is 1. The molecule has 1 aromatic carbocycles. The van der Waals surface area contributed by atoms with Gasteiger partial charge in [-0.15, -0.1) is 0 Å². The van der Waals surface area contributed by atoms with E-state index in [1.165, 1.54) is 5.56 Å². The van der Waals surface area contributed by atoms with Crippen LogP contribution in [0.5, 0.6) is 0 Å². The molecule has 0 amide bonds. The number of rotatable bonds is 5. The number of nitrogens with one attached hydrogen (secondary N) is 2. The lowest BCUT2D eigenvalue weighted by atomic mass is 10.1. The first-order chi connectivity index (χ1) is 10.3. The summed E-state index contributed by atoms with van der Waals surface area (Å²) < 4.78 is 0. The lowest BCUT2D eigenvalue weighted by Crippen LogP contribution is -2.10. The van der Waals surface area contributed by atoms with E-state index < -0.39 is 0 Å². The van der Waals surface area contributed by atoms with Crippen LogP contribution in [0.2, 0.25) is 0 Å². The summed E-state index contributed by atoms with van der Waals surface area (Å²) in [6, 6.07) is 10.4. The first-order valence-electron chi connectivity index (χ1n) is 7.07. The summed E-state index contributed by atoms with van der Waals surface area (Å²) in [4.78, 5) is 9.15. The second-order valence-corrected chi connectivity index (χ2v) is 5.65. The summed E-state index contributed by atoms with van der Waals surface area (Å²) in [5.41, 5.74) is 2.22. The minimum absolute atomic E-state index is 0.212. The maximum absolute atomic E-state index is 4.61. The van der Waals surface area contributed by atoms with E-state index in [1.807, 2.05) is 31.2 Å². The number of benzene rings is 1. The molecule has 0 bridgehead atoms. The zero-order chi connectivity index (χ0) is 14.7. The highest BCUT2D eigenvalue weighted by molar-refractivity contribution is 7.08. The second kappa shape index (κ2) is 6.10. The highest BCUT2D eigenvalue weighted by Gasteiger charge is 2.11. The largest absolute Gasteiger partial charge is 0.363 e. The Kier molecular flexibility index (Phi) is 4.01. The van der Waals surface area contributed by atoms with Crippen LogP contribution in [0.4, 0.5) is 11.8 Å². The Labute approximate surface area is 128 Å². The molecule has 2 heterocycles. The van der Waals surface area contributed by atoms with E-state index in [9.17, 15) is 0 Å². The lowest BCUT2D eigenvalue weighted by Gasteiger charge is -2.16. The number of anilines is 2. The number of hydrogen-bond acceptors (Lipinski definition) is 5. The first kappa shape index (κ1) is 13.8. The fourth-order valence-corrected chi connectivity index (χ4v) is 2.99. The predicted octanol–water partition coefficient (Wildman–Crippen LogP) is 4.30. The normalized spacial score (nSPS) is 12.3. The summed E-state index contributed by atoms with van der Waals surface area (Å²) in [7, 11) is 0. The Bertz CT molecular complexity index is 724. The topological polar surface area (TPSA) is 49.8 Å². The van der Waals surface area contributed by atoms with Crippen LogP contribution in [0.1, 0.15) is 25.5 Å². The Morgan fingerprint density at radius 2 is 2.05 bits per heavy atom. The molecule has 0 saturated carbocycles. The third kappa shape index (κ3) is 2.97. The molecule has 1 atom stereocenters. The molecular formula is C16H18N4S. The quantitative estimate of drug-likeness (QED) is 0.737. The van der Waals surface area contributed by atoms with Gasteiger partial charge in [-0.25, -0.2) is 4.98 Å². The van der Waals surface area contributed by atoms with Gasteiger partial charge < -0.3 is 10.6 Å². The van der Waals surface area contributed by atoms with E-state index in [0.717, 1.165) is 23.3 Å². The molecule has 0 saturated heterocycles. The van der Waals surface area contributed by atoms with Crippen molar-refractivity contribution in [2.75, 3.05) is 17.2 Å². The van der Waals surface area contributed by atoms with Crippen molar-refractivity contribution in [2.45, 2.75) is 19.9 Å². The lowest BCUT2D eigenvalue weighted by molar-refractivity contribution is 0.881. The zero-order valence-corrected chi connectivity index (χ0v) is 12.9. The van der Waals surface area contributed by atoms with E-state index in [4.69, 9.17) is 0 Å². The Morgan fingerprint density at radius 1 is 1.19 bits per heavy atom. The number of nitrogens with zero attached hydrogens (tertiary/aromatic N) is 2. The van der Waals surface area contributed by atoms with Gasteiger partial charge in [-0.3, -0.25) is 0 Å². The maximum Gasteiger partial charge on any atom is 0.225 e. The Balaban J connectivity index is 1.99. The fourth-order valence-electron chi connectivity index (χ4n) is 2.23. The molecule has 2 aromatic heterocycles. The Hall–Kier alpha value is -2.14. The van der Waals surface area contributed by atoms with E-state index in [1.54, 1.807) is 11.3 Å². The molecule has 1 unspecified atom stereocenters. The van der Waals surface area contributed by atoms with Crippen molar-refractivity contribution in [3.05, 3.63) is 46.7 Å². The van der Waals surface area contributed by atoms with Crippen molar-refractivity contribution in [2.24, 2.45) is 0 Å². The highest BCUT2D eigenvalue weighted by atomic mass is 32.1. The van der Waals surface area contributed by atoms with Crippen LogP contribution in [0.3, 0.4) is 0 Å². The minimum atomic E-state index is 0.212. The molecular weight excluding hydrogens is 280 g/mol. The molecule has 3 aromatic rings. The predicted molar refractivity (Wildman–Crippen MR) is 90.1 cm³/mol. The minimum Gasteiger partial charge on any atom is -0.363 e. The number of hydrogen-bond donors (Lipinski definition) is 2. The molecule has 0 fully saturated rings. The monoisotopic (exact) mass is 298 g/mol. The van der Waals surface area contributed by atoms with Crippen LogP contribution in [-0.2, 0) is 0 Å². The van der Waals surface area contributed by atoms with Gasteiger partial charge in [-0.05, 0) is 48.4 Å². The standard InChI is InChI=1S/C16H18N4S/c1-3-17-16-19-14-7-5-4-6-13(14)15(20-16)18-11(2)12-8-9-21-10-12/h4-11H,3H2,1-2H3,(H2,17,18,19,20). The summed E-state index contributed by atoms with van der Waals surface area (Å²) in [6.45, 7) is 4.99. The third-order valence-electron chi connectivity index (χ3n) is 3.33. The van der Waals surface area contributed by atoms with E-state index in [-0.39, 0.29) is 6.04 Å². The van der Waals surface area contributed by atoms with Gasteiger partial charge in [-0.2, -0.15) is 16.3 Å². The molecule has 21 heavy (non-hydrogen) atoms. The summed E-state index contributed by atoms with van der Waals surface area (Å²) in [5.74, 6) is 1.53. The van der Waals surface area contributed by atoms with Crippen LogP contribution in [0.25, 0.3) is 10.9 Å². The van der Waals surface area contributed by atoms with Crippen molar-refractivity contribution in [3.63, 3.8) is 0 Å². The number of aromatic nitrogens is 2. The fraction of sp³-hybridized carbons (Fsp3) is 0.250. The van der Waals surface area contributed by atoms with Gasteiger partial charge in [0.1, 0.15) is 5.82 Å². The maximum atomic E-state index is 4.61. The summed E-state index contributed by atoms with van der Waals surface area (Å²) in [6.07, 6.45) is 0. The molecule has 0 aliphatic carbocycles. The second-order valence-electron chi connectivity index (χ2n) is 4.87. The van der Waals surface area contributed by atoms with Crippen molar-refractivity contribution >= 4 is 34.0 Å². The van der Waals surface area contributed by atoms with E-state index in [0.29, 0.717) is 5.95 Å². The van der Waals surface area contributed by atoms with E-state index >= 15 is 0 Å². The van der Waals surface area contributed by atoms with Crippen LogP contribution >= 0.6 is 11.3 Å². The van der Waals surface area contributed by atoms with Crippen LogP contribution in [0, 0.1) is 0 Å². The smallest absolute Gasteiger partial charge is 0.225 e. The SMILES string of the molecule is CCNc1nc(NC(C)c2ccsc2)c2ccccc2n1. The highest BCUT2D eigenvalue weighted by Crippen LogP contribution is 2.26. The van der Waals surface area contributed by atoms with Crippen LogP contribution < -0.4 is 10.6 Å². The van der Waals surface area contributed by atoms with Gasteiger partial charge in [0.15, 0.2) is 0 Å². The molecule has 2 N–H and O–H groups in total. The van der Waals surface area contributed by atoms with Crippen molar-refractivity contribution in [1.29, 1.82) is 0 Å². The Morgan fingerprint density at radius 3 is 2.81 bits per heavy atom. The average Bonchev–Trinajstić information content (AvgIpc) is 3.02. The van der Waals surface area contributed by atoms with Gasteiger partial charge in [0.2, 0.25) is 5.95 Å². The van der Waals surface area contributed by atoms with Gasteiger partial charge in [0.25, 0.3) is 0 Å². The first-order valence-corrected chi connectivity index (χ1v) is 8.01. The van der Waals surface area contributed by atoms with Crippen LogP contribution in [-0.4, -0.2) is 16.5 Å². The van der Waals surface area contributed by atoms with Gasteiger partial charge in [0, 0.05) is 11.9 Å². The molecule has 3 rings (SSSR count). The van der Waals surface area contributed by atoms with E-state index in [2.05, 4.69) is 44.4 Å². The van der Waals surface area contributed by atoms with Crippen molar-refractivity contribution in [3.8, 4) is 0 Å². The van der Waals surface area contributed by atoms with Gasteiger partial charge in [0.05, 0.1) is 11.6 Å². The molecule has 4 nitrogen and oxygen atoms in total. The van der Waals surface area contributed by atoms with Crippen molar-refractivity contribution < 1.29 is 0 Å². The molecule has 0 spiro atoms. The zero-order valence-electron chi connectivity index (χ0n) is 12.1. The molecule has 0 aliphatic heterocycles. The number of fused-ring (bicyclic) bond motifs is 1. The number of thiophene rings is 1. The average molecular weight is 298 g/mol. The molecule has 0 aliphatic rings. The van der Waals surface area contributed by atoms with Gasteiger partial charge >= 0.3 is 0 Å². The molecule has 108 valence electrons. The summed E-state index contributed by atoms with van der Waals surface area (Å²) >= 11 is 1.71.